The molecule has 0 aromatic carbocycles. The Labute approximate surface area is 118 Å². The summed E-state index contributed by atoms with van der Waals surface area (Å²) in [5, 5.41) is 0. The highest BCUT2D eigenvalue weighted by Crippen LogP contribution is 2.29. The van der Waals surface area contributed by atoms with Crippen molar-refractivity contribution in [2.24, 2.45) is 0 Å². The molecule has 5 heteroatoms. The number of amides is 2. The van der Waals surface area contributed by atoms with Crippen molar-refractivity contribution < 1.29 is 9.59 Å². The second-order valence-electron chi connectivity index (χ2n) is 5.44. The second-order valence-corrected chi connectivity index (χ2v) is 5.44. The number of carbonyl (C=O) groups is 2. The Morgan fingerprint density at radius 2 is 2.00 bits per heavy atom. The maximum atomic E-state index is 12.6. The summed E-state index contributed by atoms with van der Waals surface area (Å²) in [7, 11) is 0. The Hall–Kier alpha value is -1.91. The smallest absolute Gasteiger partial charge is 0.246 e. The molecule has 3 heterocycles. The van der Waals surface area contributed by atoms with Crippen molar-refractivity contribution in [3.8, 4) is 0 Å². The number of carbonyl (C=O) groups excluding carboxylic acids is 2. The van der Waals surface area contributed by atoms with Crippen molar-refractivity contribution in [1.29, 1.82) is 0 Å². The average molecular weight is 273 g/mol. The number of nitrogens with zero attached hydrogens (tertiary/aromatic N) is 3. The molecule has 3 rings (SSSR count). The molecule has 0 N–H and O–H groups in total. The lowest BCUT2D eigenvalue weighted by atomic mass is 10.0. The molecule has 1 aromatic rings. The molecule has 0 saturated carbocycles. The van der Waals surface area contributed by atoms with Crippen LogP contribution in [0.25, 0.3) is 0 Å². The van der Waals surface area contributed by atoms with Crippen LogP contribution in [0.5, 0.6) is 0 Å². The van der Waals surface area contributed by atoms with Crippen LogP contribution in [0.4, 0.5) is 0 Å². The number of fused-ring (bicyclic) bond motifs is 1. The third-order valence-corrected chi connectivity index (χ3v) is 4.25. The fourth-order valence-electron chi connectivity index (χ4n) is 3.22. The van der Waals surface area contributed by atoms with Crippen LogP contribution in [0.3, 0.4) is 0 Å². The first-order chi connectivity index (χ1) is 9.72. The normalized spacial score (nSPS) is 26.1. The molecule has 0 radical (unpaired) electrons. The van der Waals surface area contributed by atoms with Gasteiger partial charge in [-0.1, -0.05) is 6.92 Å². The van der Waals surface area contributed by atoms with E-state index in [0.717, 1.165) is 24.9 Å². The van der Waals surface area contributed by atoms with E-state index in [4.69, 9.17) is 0 Å². The Morgan fingerprint density at radius 1 is 1.25 bits per heavy atom. The van der Waals surface area contributed by atoms with Gasteiger partial charge in [0.2, 0.25) is 11.8 Å². The monoisotopic (exact) mass is 273 g/mol. The number of hydrogen-bond donors (Lipinski definition) is 0. The van der Waals surface area contributed by atoms with Crippen molar-refractivity contribution in [3.63, 3.8) is 0 Å². The quantitative estimate of drug-likeness (QED) is 0.831. The SMILES string of the molecule is CCC1C(=O)N2CCCC2C(=O)N1Cc1ccncc1. The molecule has 2 aliphatic rings. The number of hydrogen-bond acceptors (Lipinski definition) is 3. The summed E-state index contributed by atoms with van der Waals surface area (Å²) < 4.78 is 0. The zero-order valence-electron chi connectivity index (χ0n) is 11.7. The van der Waals surface area contributed by atoms with Gasteiger partial charge in [0.1, 0.15) is 12.1 Å². The van der Waals surface area contributed by atoms with Crippen LogP contribution in [0.2, 0.25) is 0 Å². The minimum Gasteiger partial charge on any atom is -0.329 e. The van der Waals surface area contributed by atoms with Crippen LogP contribution in [0.15, 0.2) is 24.5 Å². The van der Waals surface area contributed by atoms with Crippen LogP contribution in [0.1, 0.15) is 31.7 Å². The van der Waals surface area contributed by atoms with Crippen molar-refractivity contribution >= 4 is 11.8 Å². The lowest BCUT2D eigenvalue weighted by molar-refractivity contribution is -0.160. The molecule has 2 saturated heterocycles. The Balaban J connectivity index is 1.87. The van der Waals surface area contributed by atoms with E-state index in [1.54, 1.807) is 22.2 Å². The third-order valence-electron chi connectivity index (χ3n) is 4.25. The number of aromatic nitrogens is 1. The lowest BCUT2D eigenvalue weighted by Gasteiger charge is -2.42. The minimum atomic E-state index is -0.315. The van der Waals surface area contributed by atoms with Gasteiger partial charge in [0, 0.05) is 25.5 Å². The first-order valence-corrected chi connectivity index (χ1v) is 7.22. The fraction of sp³-hybridized carbons (Fsp3) is 0.533. The molecule has 2 atom stereocenters. The van der Waals surface area contributed by atoms with Crippen molar-refractivity contribution in [2.75, 3.05) is 6.54 Å². The van der Waals surface area contributed by atoms with Crippen LogP contribution in [-0.4, -0.2) is 45.2 Å². The molecule has 0 aliphatic carbocycles. The highest BCUT2D eigenvalue weighted by atomic mass is 16.2. The molecule has 2 fully saturated rings. The van der Waals surface area contributed by atoms with E-state index < -0.39 is 0 Å². The topological polar surface area (TPSA) is 53.5 Å². The zero-order valence-corrected chi connectivity index (χ0v) is 11.7. The van der Waals surface area contributed by atoms with Crippen molar-refractivity contribution in [1.82, 2.24) is 14.8 Å². The van der Waals surface area contributed by atoms with E-state index in [0.29, 0.717) is 13.0 Å². The Morgan fingerprint density at radius 3 is 2.70 bits per heavy atom. The third kappa shape index (κ3) is 2.07. The lowest BCUT2D eigenvalue weighted by Crippen LogP contribution is -2.62. The van der Waals surface area contributed by atoms with Gasteiger partial charge in [0.15, 0.2) is 0 Å². The summed E-state index contributed by atoms with van der Waals surface area (Å²) in [6.07, 6.45) is 5.83. The first kappa shape index (κ1) is 13.1. The van der Waals surface area contributed by atoms with Gasteiger partial charge in [-0.25, -0.2) is 0 Å². The number of piperazine rings is 1. The molecule has 106 valence electrons. The van der Waals surface area contributed by atoms with Gasteiger partial charge in [0.05, 0.1) is 0 Å². The maximum absolute atomic E-state index is 12.6. The average Bonchev–Trinajstić information content (AvgIpc) is 2.96. The maximum Gasteiger partial charge on any atom is 0.246 e. The second kappa shape index (κ2) is 5.23. The summed E-state index contributed by atoms with van der Waals surface area (Å²) in [4.78, 5) is 32.7. The van der Waals surface area contributed by atoms with Gasteiger partial charge < -0.3 is 9.80 Å². The summed E-state index contributed by atoms with van der Waals surface area (Å²) >= 11 is 0. The Bertz CT molecular complexity index is 517. The molecule has 5 nitrogen and oxygen atoms in total. The summed E-state index contributed by atoms with van der Waals surface area (Å²) in [6.45, 7) is 3.19. The highest BCUT2D eigenvalue weighted by Gasteiger charge is 2.46. The van der Waals surface area contributed by atoms with Crippen LogP contribution in [0, 0.1) is 0 Å². The van der Waals surface area contributed by atoms with Crippen LogP contribution < -0.4 is 0 Å². The van der Waals surface area contributed by atoms with Gasteiger partial charge >= 0.3 is 0 Å². The summed E-state index contributed by atoms with van der Waals surface area (Å²) in [6, 6.07) is 3.24. The van der Waals surface area contributed by atoms with Crippen molar-refractivity contribution in [3.05, 3.63) is 30.1 Å². The predicted octanol–water partition coefficient (Wildman–Crippen LogP) is 1.19. The van der Waals surface area contributed by atoms with Gasteiger partial charge in [-0.15, -0.1) is 0 Å². The molecule has 2 amide bonds. The minimum absolute atomic E-state index is 0.103. The molecule has 0 bridgehead atoms. The standard InChI is InChI=1S/C15H19N3O2/c1-2-12-14(19)17-9-3-4-13(17)15(20)18(12)10-11-5-7-16-8-6-11/h5-8,12-13H,2-4,9-10H2,1H3. The van der Waals surface area contributed by atoms with E-state index in [2.05, 4.69) is 4.98 Å². The van der Waals surface area contributed by atoms with Crippen LogP contribution >= 0.6 is 0 Å². The van der Waals surface area contributed by atoms with Gasteiger partial charge in [0.25, 0.3) is 0 Å². The van der Waals surface area contributed by atoms with E-state index >= 15 is 0 Å². The van der Waals surface area contributed by atoms with Gasteiger partial charge in [-0.05, 0) is 37.0 Å². The molecule has 1 aromatic heterocycles. The van der Waals surface area contributed by atoms with Gasteiger partial charge in [-0.3, -0.25) is 14.6 Å². The van der Waals surface area contributed by atoms with E-state index in [1.807, 2.05) is 19.1 Å². The molecule has 2 aliphatic heterocycles. The van der Waals surface area contributed by atoms with Crippen molar-refractivity contribution in [2.45, 2.75) is 44.8 Å². The summed E-state index contributed by atoms with van der Waals surface area (Å²) in [5.41, 5.74) is 1.02. The number of rotatable bonds is 3. The molecule has 20 heavy (non-hydrogen) atoms. The first-order valence-electron chi connectivity index (χ1n) is 7.22. The van der Waals surface area contributed by atoms with Gasteiger partial charge in [-0.2, -0.15) is 0 Å². The molecular formula is C15H19N3O2. The highest BCUT2D eigenvalue weighted by molar-refractivity contribution is 5.97. The van der Waals surface area contributed by atoms with Crippen LogP contribution in [-0.2, 0) is 16.1 Å². The zero-order chi connectivity index (χ0) is 14.1. The largest absolute Gasteiger partial charge is 0.329 e. The summed E-state index contributed by atoms with van der Waals surface area (Å²) in [5.74, 6) is 0.217. The van der Waals surface area contributed by atoms with E-state index in [-0.39, 0.29) is 23.9 Å². The fourth-order valence-corrected chi connectivity index (χ4v) is 3.22. The Kier molecular flexibility index (Phi) is 3.42. The molecule has 2 unspecified atom stereocenters. The molecule has 0 spiro atoms. The predicted molar refractivity (Wildman–Crippen MR) is 73.6 cm³/mol. The van der Waals surface area contributed by atoms with E-state index in [1.165, 1.54) is 0 Å². The van der Waals surface area contributed by atoms with E-state index in [9.17, 15) is 9.59 Å². The number of pyridine rings is 1. The molecular weight excluding hydrogens is 254 g/mol.